The van der Waals surface area contributed by atoms with Crippen LogP contribution in [-0.2, 0) is 4.79 Å². The van der Waals surface area contributed by atoms with E-state index in [2.05, 4.69) is 9.98 Å². The molecule has 3 N–H and O–H groups in total. The number of nitrogens with zero attached hydrogens (tertiary/aromatic N) is 2. The molecule has 58 valence electrons. The third-order valence-electron chi connectivity index (χ3n) is 1.08. The molecule has 1 atom stereocenters. The number of nitrogens with one attached hydrogen (secondary N) is 1. The molecule has 0 bridgehead atoms. The molecule has 0 saturated heterocycles. The zero-order valence-electron chi connectivity index (χ0n) is 5.41. The second kappa shape index (κ2) is 2.57. The van der Waals surface area contributed by atoms with E-state index in [1.165, 1.54) is 0 Å². The smallest absolute Gasteiger partial charge is 0.278 e. The van der Waals surface area contributed by atoms with Crippen LogP contribution in [0, 0.1) is 5.41 Å². The average Bonchev–Trinajstić information content (AvgIpc) is 1.94. The number of hydrogen-bond donors (Lipinski definition) is 2. The lowest BCUT2D eigenvalue weighted by Crippen LogP contribution is -2.35. The highest BCUT2D eigenvalue weighted by Crippen LogP contribution is 2.00. The Kier molecular flexibility index (Phi) is 1.75. The molecule has 0 saturated carbocycles. The molecule has 0 aromatic rings. The van der Waals surface area contributed by atoms with Gasteiger partial charge in [-0.1, -0.05) is 0 Å². The first-order chi connectivity index (χ1) is 5.11. The standard InChI is InChI=1S/C5H5FN4O/c6-2-1-9-5(11)3(10-2)4(7)8/h1,3H,(H3,7,8). The van der Waals surface area contributed by atoms with Gasteiger partial charge in [-0.3, -0.25) is 10.2 Å². The summed E-state index contributed by atoms with van der Waals surface area (Å²) in [5.41, 5.74) is 4.93. The molecule has 5 nitrogen and oxygen atoms in total. The second-order valence-electron chi connectivity index (χ2n) is 1.91. The van der Waals surface area contributed by atoms with Crippen LogP contribution in [0.4, 0.5) is 4.39 Å². The predicted octanol–water partition coefficient (Wildman–Crippen LogP) is -0.730. The second-order valence-corrected chi connectivity index (χ2v) is 1.91. The Balaban J connectivity index is 2.90. The van der Waals surface area contributed by atoms with Crippen LogP contribution < -0.4 is 5.73 Å². The topological polar surface area (TPSA) is 91.7 Å². The quantitative estimate of drug-likeness (QED) is 0.387. The van der Waals surface area contributed by atoms with Crippen LogP contribution in [0.2, 0.25) is 0 Å². The van der Waals surface area contributed by atoms with Crippen LogP contribution in [0.1, 0.15) is 0 Å². The summed E-state index contributed by atoms with van der Waals surface area (Å²) in [6, 6.07) is -1.26. The van der Waals surface area contributed by atoms with Gasteiger partial charge in [0.2, 0.25) is 5.97 Å². The Morgan fingerprint density at radius 1 is 1.82 bits per heavy atom. The molecule has 1 aliphatic heterocycles. The fraction of sp³-hybridized carbons (Fsp3) is 0.200. The molecule has 1 unspecified atom stereocenters. The lowest BCUT2D eigenvalue weighted by molar-refractivity contribution is -0.117. The summed E-state index contributed by atoms with van der Waals surface area (Å²) < 4.78 is 12.3. The Morgan fingerprint density at radius 3 is 2.91 bits per heavy atom. The summed E-state index contributed by atoms with van der Waals surface area (Å²) in [5.74, 6) is -2.09. The van der Waals surface area contributed by atoms with E-state index >= 15 is 0 Å². The summed E-state index contributed by atoms with van der Waals surface area (Å²) in [5, 5.41) is 6.82. The molecule has 1 heterocycles. The summed E-state index contributed by atoms with van der Waals surface area (Å²) >= 11 is 0. The molecular formula is C5H5FN4O. The zero-order valence-corrected chi connectivity index (χ0v) is 5.41. The Labute approximate surface area is 61.3 Å². The first-order valence-electron chi connectivity index (χ1n) is 2.76. The van der Waals surface area contributed by atoms with Crippen LogP contribution in [0.5, 0.6) is 0 Å². The minimum absolute atomic E-state index is 0.498. The monoisotopic (exact) mass is 156 g/mol. The molecule has 0 spiro atoms. The van der Waals surface area contributed by atoms with Crippen LogP contribution in [0.25, 0.3) is 0 Å². The predicted molar refractivity (Wildman–Crippen MR) is 37.7 cm³/mol. The minimum atomic E-state index is -1.26. The van der Waals surface area contributed by atoms with Gasteiger partial charge in [-0.25, -0.2) is 9.98 Å². The van der Waals surface area contributed by atoms with Crippen molar-refractivity contribution in [1.82, 2.24) is 0 Å². The van der Waals surface area contributed by atoms with Crippen molar-refractivity contribution in [2.24, 2.45) is 15.7 Å². The van der Waals surface area contributed by atoms with Crippen LogP contribution in [-0.4, -0.2) is 30.0 Å². The lowest BCUT2D eigenvalue weighted by atomic mass is 10.2. The number of amidine groups is 1. The van der Waals surface area contributed by atoms with Crippen molar-refractivity contribution in [3.8, 4) is 0 Å². The average molecular weight is 156 g/mol. The minimum Gasteiger partial charge on any atom is -0.385 e. The summed E-state index contributed by atoms with van der Waals surface area (Å²) in [7, 11) is 0. The van der Waals surface area contributed by atoms with Crippen molar-refractivity contribution in [3.05, 3.63) is 0 Å². The van der Waals surface area contributed by atoms with Gasteiger partial charge in [-0.2, -0.15) is 4.39 Å². The fourth-order valence-electron chi connectivity index (χ4n) is 0.602. The van der Waals surface area contributed by atoms with E-state index < -0.39 is 23.8 Å². The van der Waals surface area contributed by atoms with Gasteiger partial charge in [-0.05, 0) is 0 Å². The van der Waals surface area contributed by atoms with E-state index in [4.69, 9.17) is 11.1 Å². The van der Waals surface area contributed by atoms with Crippen molar-refractivity contribution in [1.29, 1.82) is 5.41 Å². The summed E-state index contributed by atoms with van der Waals surface area (Å²) in [6.45, 7) is 0. The van der Waals surface area contributed by atoms with Gasteiger partial charge in [0, 0.05) is 0 Å². The fourth-order valence-corrected chi connectivity index (χ4v) is 0.602. The highest BCUT2D eigenvalue weighted by molar-refractivity contribution is 6.31. The molecule has 0 aromatic heterocycles. The van der Waals surface area contributed by atoms with Crippen LogP contribution in [0.3, 0.4) is 0 Å². The van der Waals surface area contributed by atoms with E-state index in [1.807, 2.05) is 0 Å². The molecule has 0 fully saturated rings. The van der Waals surface area contributed by atoms with Crippen LogP contribution in [0.15, 0.2) is 9.98 Å². The maximum absolute atomic E-state index is 12.3. The molecule has 11 heavy (non-hydrogen) atoms. The number of aliphatic imine (C=N–C) groups is 2. The van der Waals surface area contributed by atoms with E-state index in [-0.39, 0.29) is 0 Å². The van der Waals surface area contributed by atoms with Crippen molar-refractivity contribution in [3.63, 3.8) is 0 Å². The van der Waals surface area contributed by atoms with E-state index in [1.54, 1.807) is 0 Å². The SMILES string of the molecule is N=C(N)C1N=C(F)C=NC1=O. The van der Waals surface area contributed by atoms with E-state index in [0.717, 1.165) is 0 Å². The first-order valence-corrected chi connectivity index (χ1v) is 2.76. The molecule has 6 heteroatoms. The number of rotatable bonds is 1. The zero-order chi connectivity index (χ0) is 8.43. The number of carbonyl (C=O) groups excluding carboxylic acids is 1. The molecule has 0 aliphatic carbocycles. The number of amides is 1. The number of halogens is 1. The summed E-state index contributed by atoms with van der Waals surface area (Å²) in [4.78, 5) is 17.0. The Morgan fingerprint density at radius 2 is 2.45 bits per heavy atom. The molecular weight excluding hydrogens is 151 g/mol. The number of hydrogen-bond acceptors (Lipinski definition) is 3. The van der Waals surface area contributed by atoms with Crippen molar-refractivity contribution < 1.29 is 9.18 Å². The first kappa shape index (κ1) is 7.52. The maximum atomic E-state index is 12.3. The van der Waals surface area contributed by atoms with E-state index in [0.29, 0.717) is 6.21 Å². The van der Waals surface area contributed by atoms with Crippen molar-refractivity contribution in [2.75, 3.05) is 0 Å². The highest BCUT2D eigenvalue weighted by Gasteiger charge is 2.23. The van der Waals surface area contributed by atoms with Gasteiger partial charge in [0.25, 0.3) is 5.91 Å². The molecule has 1 amide bonds. The van der Waals surface area contributed by atoms with Gasteiger partial charge in [-0.15, -0.1) is 0 Å². The molecule has 1 aliphatic rings. The van der Waals surface area contributed by atoms with E-state index in [9.17, 15) is 9.18 Å². The molecule has 1 rings (SSSR count). The normalized spacial score (nSPS) is 23.2. The Hall–Kier alpha value is -1.59. The van der Waals surface area contributed by atoms with Gasteiger partial charge >= 0.3 is 0 Å². The van der Waals surface area contributed by atoms with Gasteiger partial charge in [0.1, 0.15) is 5.84 Å². The number of nitrogens with two attached hydrogens (primary N) is 1. The third-order valence-corrected chi connectivity index (χ3v) is 1.08. The summed E-state index contributed by atoms with van der Waals surface area (Å²) in [6.07, 6.45) is 0.696. The van der Waals surface area contributed by atoms with Gasteiger partial charge in [0.15, 0.2) is 6.04 Å². The maximum Gasteiger partial charge on any atom is 0.278 e. The largest absolute Gasteiger partial charge is 0.385 e. The van der Waals surface area contributed by atoms with Gasteiger partial charge in [0.05, 0.1) is 6.21 Å². The van der Waals surface area contributed by atoms with Crippen molar-refractivity contribution in [2.45, 2.75) is 6.04 Å². The highest BCUT2D eigenvalue weighted by atomic mass is 19.1. The Bertz CT molecular complexity index is 270. The van der Waals surface area contributed by atoms with Crippen molar-refractivity contribution >= 4 is 23.9 Å². The van der Waals surface area contributed by atoms with Crippen LogP contribution >= 0.6 is 0 Å². The number of carbonyl (C=O) groups is 1. The molecule has 0 radical (unpaired) electrons. The third kappa shape index (κ3) is 1.46. The molecule has 0 aromatic carbocycles. The lowest BCUT2D eigenvalue weighted by Gasteiger charge is -2.07. The van der Waals surface area contributed by atoms with Gasteiger partial charge < -0.3 is 5.73 Å².